The van der Waals surface area contributed by atoms with Crippen molar-refractivity contribution in [1.82, 2.24) is 24.9 Å². The highest BCUT2D eigenvalue weighted by molar-refractivity contribution is 5.99. The second-order valence-corrected chi connectivity index (χ2v) is 8.56. The third kappa shape index (κ3) is 4.21. The Hall–Kier alpha value is -4.55. The summed E-state index contributed by atoms with van der Waals surface area (Å²) in [5, 5.41) is 14.9. The maximum atomic E-state index is 14.0. The molecule has 0 aliphatic carbocycles. The first-order chi connectivity index (χ1) is 17.8. The van der Waals surface area contributed by atoms with E-state index in [1.54, 1.807) is 30.4 Å². The van der Waals surface area contributed by atoms with E-state index in [1.807, 2.05) is 4.90 Å². The first kappa shape index (κ1) is 24.2. The third-order valence-electron chi connectivity index (χ3n) is 6.47. The molecule has 4 heterocycles. The number of nitrogens with zero attached hydrogens (tertiary/aromatic N) is 6. The monoisotopic (exact) mass is 511 g/mol. The lowest BCUT2D eigenvalue weighted by Crippen LogP contribution is -2.69. The zero-order valence-electron chi connectivity index (χ0n) is 19.8. The van der Waals surface area contributed by atoms with Gasteiger partial charge in [0.1, 0.15) is 23.4 Å². The number of hydrogen-bond acceptors (Lipinski definition) is 8. The molecule has 2 N–H and O–H groups in total. The molecule has 1 fully saturated rings. The van der Waals surface area contributed by atoms with Gasteiger partial charge in [0, 0.05) is 49.9 Å². The Morgan fingerprint density at radius 3 is 2.65 bits per heavy atom. The summed E-state index contributed by atoms with van der Waals surface area (Å²) in [6.07, 6.45) is 3.96. The number of rotatable bonds is 5. The van der Waals surface area contributed by atoms with Gasteiger partial charge in [-0.1, -0.05) is 6.07 Å². The fourth-order valence-corrected chi connectivity index (χ4v) is 4.62. The van der Waals surface area contributed by atoms with Crippen LogP contribution in [0.1, 0.15) is 33.3 Å². The number of aromatic hydroxyl groups is 1. The van der Waals surface area contributed by atoms with E-state index in [0.29, 0.717) is 38.2 Å². The van der Waals surface area contributed by atoms with Crippen LogP contribution in [-0.2, 0) is 6.54 Å². The van der Waals surface area contributed by atoms with Crippen molar-refractivity contribution in [3.63, 3.8) is 0 Å². The second-order valence-electron chi connectivity index (χ2n) is 8.56. The average molecular weight is 511 g/mol. The Morgan fingerprint density at radius 1 is 1.19 bits per heavy atom. The minimum absolute atomic E-state index is 0.0186. The molecular weight excluding hydrogens is 488 g/mol. The third-order valence-corrected chi connectivity index (χ3v) is 6.47. The van der Waals surface area contributed by atoms with Crippen molar-refractivity contribution in [2.24, 2.45) is 0 Å². The number of amides is 2. The first-order valence-electron chi connectivity index (χ1n) is 11.6. The summed E-state index contributed by atoms with van der Waals surface area (Å²) in [5.41, 5.74) is -1.67. The van der Waals surface area contributed by atoms with Crippen LogP contribution in [0.25, 0.3) is 0 Å². The summed E-state index contributed by atoms with van der Waals surface area (Å²) in [6, 6.07) is 4.62. The molecule has 0 spiro atoms. The van der Waals surface area contributed by atoms with Crippen LogP contribution in [0.3, 0.4) is 0 Å². The quantitative estimate of drug-likeness (QED) is 0.516. The molecule has 5 rings (SSSR count). The van der Waals surface area contributed by atoms with Gasteiger partial charge in [-0.3, -0.25) is 24.1 Å². The largest absolute Gasteiger partial charge is 0.502 e. The molecule has 0 radical (unpaired) electrons. The highest BCUT2D eigenvalue weighted by atomic mass is 19.1. The molecule has 11 nitrogen and oxygen atoms in total. The normalized spacial score (nSPS) is 16.9. The lowest BCUT2D eigenvalue weighted by molar-refractivity contribution is 0.0569. The lowest BCUT2D eigenvalue weighted by atomic mass is 10.1. The number of likely N-dealkylation sites (N-methyl/N-ethyl adjacent to an activating group) is 1. The van der Waals surface area contributed by atoms with Crippen LogP contribution in [0.15, 0.2) is 47.7 Å². The topological polar surface area (TPSA) is 124 Å². The Labute approximate surface area is 209 Å². The summed E-state index contributed by atoms with van der Waals surface area (Å²) in [7, 11) is 0. The van der Waals surface area contributed by atoms with Crippen molar-refractivity contribution < 1.29 is 23.5 Å². The van der Waals surface area contributed by atoms with E-state index in [2.05, 4.69) is 15.3 Å². The summed E-state index contributed by atoms with van der Waals surface area (Å²) >= 11 is 0. The van der Waals surface area contributed by atoms with E-state index in [4.69, 9.17) is 0 Å². The van der Waals surface area contributed by atoms with Gasteiger partial charge >= 0.3 is 0 Å². The number of carbonyl (C=O) groups excluding carboxylic acids is 2. The number of benzene rings is 1. The average Bonchev–Trinajstić information content (AvgIpc) is 2.90. The zero-order chi connectivity index (χ0) is 26.3. The summed E-state index contributed by atoms with van der Waals surface area (Å²) < 4.78 is 28.5. The van der Waals surface area contributed by atoms with Crippen LogP contribution in [0.5, 0.6) is 5.75 Å². The predicted molar refractivity (Wildman–Crippen MR) is 128 cm³/mol. The molecule has 1 saturated heterocycles. The van der Waals surface area contributed by atoms with Crippen molar-refractivity contribution in [3.05, 3.63) is 81.5 Å². The molecule has 1 aromatic carbocycles. The second kappa shape index (κ2) is 9.48. The van der Waals surface area contributed by atoms with E-state index < -0.39 is 46.4 Å². The summed E-state index contributed by atoms with van der Waals surface area (Å²) in [4.78, 5) is 51.1. The fourth-order valence-electron chi connectivity index (χ4n) is 4.62. The molecule has 2 aliphatic heterocycles. The van der Waals surface area contributed by atoms with Gasteiger partial charge in [-0.2, -0.15) is 0 Å². The summed E-state index contributed by atoms with van der Waals surface area (Å²) in [5.74, 6) is -3.39. The smallest absolute Gasteiger partial charge is 0.278 e. The lowest BCUT2D eigenvalue weighted by Gasteiger charge is -2.51. The van der Waals surface area contributed by atoms with Crippen LogP contribution in [-0.4, -0.2) is 68.8 Å². The number of carbonyl (C=O) groups is 2. The highest BCUT2D eigenvalue weighted by Crippen LogP contribution is 2.27. The van der Waals surface area contributed by atoms with E-state index >= 15 is 0 Å². The van der Waals surface area contributed by atoms with Gasteiger partial charge in [-0.25, -0.2) is 18.7 Å². The van der Waals surface area contributed by atoms with Crippen LogP contribution < -0.4 is 20.7 Å². The number of hydrogen-bond donors (Lipinski definition) is 2. The van der Waals surface area contributed by atoms with Crippen LogP contribution in [0, 0.1) is 11.6 Å². The molecule has 37 heavy (non-hydrogen) atoms. The minimum Gasteiger partial charge on any atom is -0.502 e. The molecule has 2 aliphatic rings. The number of nitrogens with one attached hydrogen (secondary N) is 1. The van der Waals surface area contributed by atoms with Crippen LogP contribution in [0.2, 0.25) is 0 Å². The van der Waals surface area contributed by atoms with Crippen molar-refractivity contribution in [2.75, 3.05) is 36.1 Å². The van der Waals surface area contributed by atoms with Crippen LogP contribution >= 0.6 is 0 Å². The molecule has 3 aromatic rings. The number of anilines is 1. The molecule has 0 bridgehead atoms. The van der Waals surface area contributed by atoms with E-state index in [1.165, 1.54) is 21.8 Å². The van der Waals surface area contributed by atoms with E-state index in [9.17, 15) is 28.3 Å². The molecule has 2 amide bonds. The summed E-state index contributed by atoms with van der Waals surface area (Å²) in [6.45, 7) is 2.97. The van der Waals surface area contributed by atoms with Gasteiger partial charge in [-0.15, -0.1) is 0 Å². The maximum absolute atomic E-state index is 14.0. The Balaban J connectivity index is 1.47. The standard InChI is InChI=1S/C24H23F2N7O4/c1-2-31-18-13-30(24-27-6-3-7-28-24)8-9-32(18)33-12-16(20(34)21(35)19(33)23(31)37)22(36)29-11-14-4-5-15(25)10-17(14)26/h3-7,10,12,18,35H,2,8-9,11,13H2,1H3,(H,29,36)/t18-/m0/s1. The number of halogens is 2. The number of fused-ring (bicyclic) bond motifs is 3. The van der Waals surface area contributed by atoms with Crippen LogP contribution in [0.4, 0.5) is 14.7 Å². The molecule has 1 atom stereocenters. The van der Waals surface area contributed by atoms with Gasteiger partial charge in [-0.05, 0) is 19.1 Å². The first-order valence-corrected chi connectivity index (χ1v) is 11.6. The van der Waals surface area contributed by atoms with Crippen molar-refractivity contribution in [2.45, 2.75) is 19.6 Å². The number of pyridine rings is 1. The molecule has 0 unspecified atom stereocenters. The highest BCUT2D eigenvalue weighted by Gasteiger charge is 2.43. The molecule has 192 valence electrons. The van der Waals surface area contributed by atoms with E-state index in [0.717, 1.165) is 6.07 Å². The Kier molecular flexibility index (Phi) is 6.19. The van der Waals surface area contributed by atoms with Gasteiger partial charge in [0.2, 0.25) is 11.4 Å². The van der Waals surface area contributed by atoms with Crippen molar-refractivity contribution >= 4 is 17.8 Å². The minimum atomic E-state index is -1.03. The number of aromatic nitrogens is 3. The van der Waals surface area contributed by atoms with Gasteiger partial charge in [0.25, 0.3) is 11.8 Å². The van der Waals surface area contributed by atoms with Gasteiger partial charge in [0.15, 0.2) is 11.4 Å². The number of piperazine rings is 1. The fraction of sp³-hybridized carbons (Fsp3) is 0.292. The van der Waals surface area contributed by atoms with Crippen molar-refractivity contribution in [1.29, 1.82) is 0 Å². The molecule has 2 aromatic heterocycles. The predicted octanol–water partition coefficient (Wildman–Crippen LogP) is 0.812. The Morgan fingerprint density at radius 2 is 1.95 bits per heavy atom. The SMILES string of the molecule is CCN1C(=O)c2c(O)c(=O)c(C(=O)NCc3ccc(F)cc3F)cn2N2CCN(c3ncccn3)C[C@@H]12. The van der Waals surface area contributed by atoms with Gasteiger partial charge < -0.3 is 20.2 Å². The van der Waals surface area contributed by atoms with Crippen molar-refractivity contribution in [3.8, 4) is 5.75 Å². The molecular formula is C24H23F2N7O4. The van der Waals surface area contributed by atoms with Gasteiger partial charge in [0.05, 0.1) is 13.1 Å². The zero-order valence-corrected chi connectivity index (χ0v) is 19.8. The van der Waals surface area contributed by atoms with E-state index in [-0.39, 0.29) is 17.8 Å². The molecule has 0 saturated carbocycles. The molecule has 13 heteroatoms. The Bertz CT molecular complexity index is 1430. The maximum Gasteiger partial charge on any atom is 0.278 e.